The standard InChI is InChI=1S/C14H21N3O.2ClH/c18-14(4-3-13-5-8-16-11-13)17-9-6-12-2-1-7-15-10-12;;/h1-2,7,10,13,16H,3-6,8-9,11H2,(H,17,18);2*1H. The minimum Gasteiger partial charge on any atom is -0.356 e. The lowest BCUT2D eigenvalue weighted by atomic mass is 10.0. The Kier molecular flexibility index (Phi) is 10.4. The molecule has 0 bridgehead atoms. The van der Waals surface area contributed by atoms with Crippen molar-refractivity contribution in [1.29, 1.82) is 0 Å². The number of carbonyl (C=O) groups is 1. The van der Waals surface area contributed by atoms with Crippen molar-refractivity contribution in [3.8, 4) is 0 Å². The van der Waals surface area contributed by atoms with Gasteiger partial charge in [0.05, 0.1) is 0 Å². The molecule has 1 aliphatic heterocycles. The second-order valence-corrected chi connectivity index (χ2v) is 4.86. The van der Waals surface area contributed by atoms with Crippen LogP contribution in [0, 0.1) is 5.92 Å². The fraction of sp³-hybridized carbons (Fsp3) is 0.571. The van der Waals surface area contributed by atoms with Crippen LogP contribution in [0.3, 0.4) is 0 Å². The molecule has 0 aromatic carbocycles. The predicted molar refractivity (Wildman–Crippen MR) is 85.7 cm³/mol. The van der Waals surface area contributed by atoms with E-state index < -0.39 is 0 Å². The lowest BCUT2D eigenvalue weighted by Crippen LogP contribution is -2.26. The molecule has 1 atom stereocenters. The van der Waals surface area contributed by atoms with Crippen LogP contribution in [0.15, 0.2) is 24.5 Å². The maximum atomic E-state index is 11.6. The SMILES string of the molecule is Cl.Cl.O=C(CCC1CCNC1)NCCc1cccnc1. The summed E-state index contributed by atoms with van der Waals surface area (Å²) in [5, 5.41) is 6.29. The van der Waals surface area contributed by atoms with E-state index in [1.54, 1.807) is 6.20 Å². The molecule has 4 nitrogen and oxygen atoms in total. The number of halogens is 2. The van der Waals surface area contributed by atoms with E-state index in [0.29, 0.717) is 18.9 Å². The smallest absolute Gasteiger partial charge is 0.220 e. The Morgan fingerprint density at radius 3 is 2.95 bits per heavy atom. The van der Waals surface area contributed by atoms with E-state index in [9.17, 15) is 4.79 Å². The summed E-state index contributed by atoms with van der Waals surface area (Å²) in [6.07, 6.45) is 7.33. The number of rotatable bonds is 6. The lowest BCUT2D eigenvalue weighted by molar-refractivity contribution is -0.121. The van der Waals surface area contributed by atoms with Gasteiger partial charge in [0.15, 0.2) is 0 Å². The Morgan fingerprint density at radius 2 is 2.30 bits per heavy atom. The van der Waals surface area contributed by atoms with Crippen LogP contribution in [-0.2, 0) is 11.2 Å². The van der Waals surface area contributed by atoms with Gasteiger partial charge in [0.25, 0.3) is 0 Å². The molecule has 6 heteroatoms. The number of nitrogens with one attached hydrogen (secondary N) is 2. The van der Waals surface area contributed by atoms with E-state index in [1.165, 1.54) is 6.42 Å². The number of hydrogen-bond acceptors (Lipinski definition) is 3. The number of hydrogen-bond donors (Lipinski definition) is 2. The van der Waals surface area contributed by atoms with Crippen molar-refractivity contribution in [2.45, 2.75) is 25.7 Å². The normalized spacial score (nSPS) is 16.9. The molecule has 114 valence electrons. The van der Waals surface area contributed by atoms with Crippen LogP contribution in [0.2, 0.25) is 0 Å². The topological polar surface area (TPSA) is 54.0 Å². The first-order valence-corrected chi connectivity index (χ1v) is 6.71. The van der Waals surface area contributed by atoms with Crippen LogP contribution >= 0.6 is 24.8 Å². The van der Waals surface area contributed by atoms with Crippen molar-refractivity contribution in [1.82, 2.24) is 15.6 Å². The number of carbonyl (C=O) groups excluding carboxylic acids is 1. The molecule has 1 aromatic heterocycles. The summed E-state index contributed by atoms with van der Waals surface area (Å²) in [5.41, 5.74) is 1.16. The lowest BCUT2D eigenvalue weighted by Gasteiger charge is -2.08. The summed E-state index contributed by atoms with van der Waals surface area (Å²) >= 11 is 0. The zero-order valence-corrected chi connectivity index (χ0v) is 13.1. The van der Waals surface area contributed by atoms with E-state index in [4.69, 9.17) is 0 Å². The van der Waals surface area contributed by atoms with Gasteiger partial charge in [-0.3, -0.25) is 9.78 Å². The van der Waals surface area contributed by atoms with Crippen LogP contribution < -0.4 is 10.6 Å². The minimum atomic E-state index is 0. The zero-order chi connectivity index (χ0) is 12.6. The molecule has 2 heterocycles. The highest BCUT2D eigenvalue weighted by Crippen LogP contribution is 2.13. The van der Waals surface area contributed by atoms with Gasteiger partial charge < -0.3 is 10.6 Å². The molecule has 0 spiro atoms. The maximum absolute atomic E-state index is 11.6. The molecule has 0 radical (unpaired) electrons. The molecule has 1 aliphatic rings. The van der Waals surface area contributed by atoms with E-state index in [0.717, 1.165) is 31.5 Å². The monoisotopic (exact) mass is 319 g/mol. The third kappa shape index (κ3) is 7.08. The first kappa shape index (κ1) is 19.2. The molecule has 1 saturated heterocycles. The van der Waals surface area contributed by atoms with Crippen LogP contribution in [0.25, 0.3) is 0 Å². The van der Waals surface area contributed by atoms with E-state index in [1.807, 2.05) is 18.3 Å². The molecule has 2 rings (SSSR count). The summed E-state index contributed by atoms with van der Waals surface area (Å²) in [5.74, 6) is 0.861. The van der Waals surface area contributed by atoms with Crippen molar-refractivity contribution in [3.63, 3.8) is 0 Å². The fourth-order valence-electron chi connectivity index (χ4n) is 2.28. The highest BCUT2D eigenvalue weighted by molar-refractivity contribution is 5.85. The van der Waals surface area contributed by atoms with Gasteiger partial charge in [-0.1, -0.05) is 6.07 Å². The Hall–Kier alpha value is -0.840. The maximum Gasteiger partial charge on any atom is 0.220 e. The molecule has 20 heavy (non-hydrogen) atoms. The van der Waals surface area contributed by atoms with Crippen LogP contribution in [0.5, 0.6) is 0 Å². The summed E-state index contributed by atoms with van der Waals surface area (Å²) in [6, 6.07) is 3.95. The molecular formula is C14H23Cl2N3O. The quantitative estimate of drug-likeness (QED) is 0.843. The van der Waals surface area contributed by atoms with Gasteiger partial charge in [-0.05, 0) is 49.9 Å². The number of aromatic nitrogens is 1. The van der Waals surface area contributed by atoms with Gasteiger partial charge in [-0.15, -0.1) is 24.8 Å². The molecule has 0 aliphatic carbocycles. The molecule has 1 aromatic rings. The number of nitrogens with zero attached hydrogens (tertiary/aromatic N) is 1. The number of amides is 1. The third-order valence-corrected chi connectivity index (χ3v) is 3.40. The summed E-state index contributed by atoms with van der Waals surface area (Å²) in [4.78, 5) is 15.7. The Bertz CT molecular complexity index is 370. The molecule has 2 N–H and O–H groups in total. The van der Waals surface area contributed by atoms with Crippen molar-refractivity contribution < 1.29 is 4.79 Å². The van der Waals surface area contributed by atoms with Crippen LogP contribution in [0.1, 0.15) is 24.8 Å². The molecular weight excluding hydrogens is 297 g/mol. The average Bonchev–Trinajstić information content (AvgIpc) is 2.91. The first-order chi connectivity index (χ1) is 8.84. The van der Waals surface area contributed by atoms with Gasteiger partial charge in [-0.2, -0.15) is 0 Å². The highest BCUT2D eigenvalue weighted by atomic mass is 35.5. The second-order valence-electron chi connectivity index (χ2n) is 4.86. The van der Waals surface area contributed by atoms with E-state index in [2.05, 4.69) is 15.6 Å². The summed E-state index contributed by atoms with van der Waals surface area (Å²) in [7, 11) is 0. The fourth-order valence-corrected chi connectivity index (χ4v) is 2.28. The van der Waals surface area contributed by atoms with Crippen LogP contribution in [0.4, 0.5) is 0 Å². The summed E-state index contributed by atoms with van der Waals surface area (Å²) < 4.78 is 0. The molecule has 0 saturated carbocycles. The molecule has 1 amide bonds. The van der Waals surface area contributed by atoms with Gasteiger partial charge in [0.2, 0.25) is 5.91 Å². The molecule has 1 unspecified atom stereocenters. The minimum absolute atomic E-state index is 0. The van der Waals surface area contributed by atoms with Crippen molar-refractivity contribution >= 4 is 30.7 Å². The predicted octanol–water partition coefficient (Wildman–Crippen LogP) is 1.97. The van der Waals surface area contributed by atoms with Crippen molar-refractivity contribution in [3.05, 3.63) is 30.1 Å². The number of pyridine rings is 1. The third-order valence-electron chi connectivity index (χ3n) is 3.40. The highest BCUT2D eigenvalue weighted by Gasteiger charge is 2.15. The van der Waals surface area contributed by atoms with Gasteiger partial charge >= 0.3 is 0 Å². The van der Waals surface area contributed by atoms with Crippen molar-refractivity contribution in [2.24, 2.45) is 5.92 Å². The van der Waals surface area contributed by atoms with Gasteiger partial charge in [0, 0.05) is 25.4 Å². The van der Waals surface area contributed by atoms with Gasteiger partial charge in [-0.25, -0.2) is 0 Å². The first-order valence-electron chi connectivity index (χ1n) is 6.71. The van der Waals surface area contributed by atoms with E-state index >= 15 is 0 Å². The average molecular weight is 320 g/mol. The summed E-state index contributed by atoms with van der Waals surface area (Å²) in [6.45, 7) is 2.88. The van der Waals surface area contributed by atoms with Crippen molar-refractivity contribution in [2.75, 3.05) is 19.6 Å². The second kappa shape index (κ2) is 10.9. The van der Waals surface area contributed by atoms with E-state index in [-0.39, 0.29) is 30.7 Å². The van der Waals surface area contributed by atoms with Crippen LogP contribution in [-0.4, -0.2) is 30.5 Å². The van der Waals surface area contributed by atoms with Gasteiger partial charge in [0.1, 0.15) is 0 Å². The Labute approximate surface area is 132 Å². The Balaban J connectivity index is 0.00000180. The largest absolute Gasteiger partial charge is 0.356 e. The molecule has 1 fully saturated rings. The zero-order valence-electron chi connectivity index (χ0n) is 11.5. The Morgan fingerprint density at radius 1 is 1.45 bits per heavy atom.